The Hall–Kier alpha value is -1.07. The second-order valence-corrected chi connectivity index (χ2v) is 9.70. The second-order valence-electron chi connectivity index (χ2n) is 6.87. The number of benzene rings is 1. The van der Waals surface area contributed by atoms with Crippen molar-refractivity contribution in [1.29, 1.82) is 0 Å². The number of hydrogen-bond donors (Lipinski definition) is 0. The van der Waals surface area contributed by atoms with Crippen molar-refractivity contribution < 1.29 is 13.2 Å². The third-order valence-electron chi connectivity index (χ3n) is 4.25. The summed E-state index contributed by atoms with van der Waals surface area (Å²) >= 11 is 0. The highest BCUT2D eigenvalue weighted by Gasteiger charge is 2.35. The smallest absolute Gasteiger partial charge is 0.232 e. The van der Waals surface area contributed by atoms with E-state index in [0.29, 0.717) is 6.54 Å². The molecule has 1 unspecified atom stereocenters. The molecule has 1 aromatic rings. The van der Waals surface area contributed by atoms with Crippen LogP contribution >= 0.6 is 10.7 Å². The lowest BCUT2D eigenvalue weighted by atomic mass is 9.92. The van der Waals surface area contributed by atoms with Crippen LogP contribution in [0.3, 0.4) is 0 Å². The van der Waals surface area contributed by atoms with Crippen LogP contribution in [0.2, 0.25) is 0 Å². The molecule has 0 N–H and O–H groups in total. The van der Waals surface area contributed by atoms with Crippen LogP contribution in [0.4, 0.5) is 5.69 Å². The average molecular weight is 358 g/mol. The minimum absolute atomic E-state index is 0.0229. The first-order valence-electron chi connectivity index (χ1n) is 7.95. The Bertz CT molecular complexity index is 672. The summed E-state index contributed by atoms with van der Waals surface area (Å²) in [6, 6.07) is 6.12. The quantitative estimate of drug-likeness (QED) is 0.752. The molecule has 1 atom stereocenters. The fourth-order valence-corrected chi connectivity index (χ4v) is 4.54. The second kappa shape index (κ2) is 6.81. The number of halogens is 1. The summed E-state index contributed by atoms with van der Waals surface area (Å²) in [4.78, 5) is 14.3. The number of carbonyl (C=O) groups is 1. The van der Waals surface area contributed by atoms with E-state index in [2.05, 4.69) is 27.7 Å². The molecule has 0 radical (unpaired) electrons. The van der Waals surface area contributed by atoms with Crippen molar-refractivity contribution in [3.8, 4) is 0 Å². The fraction of sp³-hybridized carbons (Fsp3) is 0.588. The highest BCUT2D eigenvalue weighted by atomic mass is 35.7. The first kappa shape index (κ1) is 18.3. The highest BCUT2D eigenvalue weighted by molar-refractivity contribution is 8.13. The molecule has 1 heterocycles. The Morgan fingerprint density at radius 2 is 1.70 bits per heavy atom. The van der Waals surface area contributed by atoms with Crippen molar-refractivity contribution in [1.82, 2.24) is 0 Å². The molecule has 0 bridgehead atoms. The molecule has 0 aliphatic carbocycles. The van der Waals surface area contributed by atoms with Crippen LogP contribution in [0.1, 0.15) is 57.1 Å². The molecular formula is C17H24ClNO3S. The van der Waals surface area contributed by atoms with Crippen molar-refractivity contribution in [2.75, 3.05) is 17.2 Å². The Morgan fingerprint density at radius 1 is 1.17 bits per heavy atom. The van der Waals surface area contributed by atoms with Crippen molar-refractivity contribution in [2.24, 2.45) is 5.92 Å². The van der Waals surface area contributed by atoms with E-state index >= 15 is 0 Å². The molecule has 1 fully saturated rings. The number of anilines is 1. The molecular weight excluding hydrogens is 334 g/mol. The minimum atomic E-state index is -3.60. The van der Waals surface area contributed by atoms with Gasteiger partial charge in [0.2, 0.25) is 15.0 Å². The van der Waals surface area contributed by atoms with E-state index in [4.69, 9.17) is 10.7 Å². The molecule has 1 saturated heterocycles. The number of rotatable bonds is 5. The van der Waals surface area contributed by atoms with Crippen molar-refractivity contribution in [2.45, 2.75) is 46.0 Å². The van der Waals surface area contributed by atoms with Crippen LogP contribution in [-0.2, 0) is 13.8 Å². The molecule has 0 aromatic heterocycles. The van der Waals surface area contributed by atoms with E-state index in [1.54, 1.807) is 4.90 Å². The predicted molar refractivity (Wildman–Crippen MR) is 94.7 cm³/mol. The van der Waals surface area contributed by atoms with E-state index < -0.39 is 9.05 Å². The van der Waals surface area contributed by atoms with Gasteiger partial charge in [-0.25, -0.2) is 8.42 Å². The first-order chi connectivity index (χ1) is 10.6. The van der Waals surface area contributed by atoms with Gasteiger partial charge in [0.1, 0.15) is 0 Å². The highest BCUT2D eigenvalue weighted by Crippen LogP contribution is 2.38. The number of hydrogen-bond acceptors (Lipinski definition) is 3. The van der Waals surface area contributed by atoms with E-state index in [0.717, 1.165) is 16.8 Å². The standard InChI is InChI=1S/C17H24ClNO3S/c1-11(2)14-6-5-7-15(12(3)4)17(14)19-9-13(8-16(19)20)10-23(18,21)22/h5-7,11-13H,8-10H2,1-4H3. The van der Waals surface area contributed by atoms with Gasteiger partial charge >= 0.3 is 0 Å². The van der Waals surface area contributed by atoms with Gasteiger partial charge in [-0.1, -0.05) is 45.9 Å². The molecule has 128 valence electrons. The zero-order valence-corrected chi connectivity index (χ0v) is 15.6. The average Bonchev–Trinajstić information content (AvgIpc) is 2.75. The van der Waals surface area contributed by atoms with Crippen LogP contribution < -0.4 is 4.90 Å². The van der Waals surface area contributed by atoms with Crippen LogP contribution in [0.25, 0.3) is 0 Å². The first-order valence-corrected chi connectivity index (χ1v) is 10.4. The summed E-state index contributed by atoms with van der Waals surface area (Å²) in [6.07, 6.45) is 0.232. The van der Waals surface area contributed by atoms with Crippen LogP contribution in [0.15, 0.2) is 18.2 Å². The number of amides is 1. The van der Waals surface area contributed by atoms with Crippen molar-refractivity contribution in [3.05, 3.63) is 29.3 Å². The van der Waals surface area contributed by atoms with E-state index in [1.807, 2.05) is 18.2 Å². The Kier molecular flexibility index (Phi) is 5.41. The normalized spacial score (nSPS) is 19.2. The molecule has 4 nitrogen and oxygen atoms in total. The van der Waals surface area contributed by atoms with Crippen LogP contribution in [0.5, 0.6) is 0 Å². The van der Waals surface area contributed by atoms with Crippen LogP contribution in [0, 0.1) is 5.92 Å². The van der Waals surface area contributed by atoms with Crippen molar-refractivity contribution in [3.63, 3.8) is 0 Å². The Balaban J connectivity index is 2.43. The molecule has 23 heavy (non-hydrogen) atoms. The lowest BCUT2D eigenvalue weighted by Gasteiger charge is -2.27. The van der Waals surface area contributed by atoms with Crippen LogP contribution in [-0.4, -0.2) is 26.6 Å². The SMILES string of the molecule is CC(C)c1cccc(C(C)C)c1N1CC(CS(=O)(=O)Cl)CC1=O. The maximum Gasteiger partial charge on any atom is 0.232 e. The molecule has 1 aliphatic heterocycles. The predicted octanol–water partition coefficient (Wildman–Crippen LogP) is 3.85. The summed E-state index contributed by atoms with van der Waals surface area (Å²) < 4.78 is 22.6. The summed E-state index contributed by atoms with van der Waals surface area (Å²) in [5, 5.41) is 0. The summed E-state index contributed by atoms with van der Waals surface area (Å²) in [5.74, 6) is 0.146. The van der Waals surface area contributed by atoms with Crippen molar-refractivity contribution >= 4 is 31.3 Å². The molecule has 0 spiro atoms. The van der Waals surface area contributed by atoms with E-state index in [1.165, 1.54) is 0 Å². The summed E-state index contributed by atoms with van der Waals surface area (Å²) in [7, 11) is 1.76. The fourth-order valence-electron chi connectivity index (χ4n) is 3.21. The number of carbonyl (C=O) groups excluding carboxylic acids is 1. The van der Waals surface area contributed by atoms with Gasteiger partial charge in [-0.2, -0.15) is 0 Å². The lowest BCUT2D eigenvalue weighted by molar-refractivity contribution is -0.117. The molecule has 6 heteroatoms. The largest absolute Gasteiger partial charge is 0.312 e. The van der Waals surface area contributed by atoms with Gasteiger partial charge < -0.3 is 4.90 Å². The van der Waals surface area contributed by atoms with Gasteiger partial charge in [-0.15, -0.1) is 0 Å². The summed E-state index contributed by atoms with van der Waals surface area (Å²) in [6.45, 7) is 8.82. The van der Waals surface area contributed by atoms with Gasteiger partial charge in [0.15, 0.2) is 0 Å². The third-order valence-corrected chi connectivity index (χ3v) is 5.50. The van der Waals surface area contributed by atoms with Gasteiger partial charge in [0.25, 0.3) is 0 Å². The minimum Gasteiger partial charge on any atom is -0.312 e. The van der Waals surface area contributed by atoms with Gasteiger partial charge in [0, 0.05) is 29.6 Å². The van der Waals surface area contributed by atoms with Gasteiger partial charge in [0.05, 0.1) is 11.4 Å². The topological polar surface area (TPSA) is 54.5 Å². The maximum absolute atomic E-state index is 12.5. The Morgan fingerprint density at radius 3 is 2.13 bits per heavy atom. The molecule has 1 aliphatic rings. The molecule has 1 amide bonds. The maximum atomic E-state index is 12.5. The molecule has 2 rings (SSSR count). The number of nitrogens with zero attached hydrogens (tertiary/aromatic N) is 1. The van der Waals surface area contributed by atoms with E-state index in [9.17, 15) is 13.2 Å². The molecule has 0 saturated carbocycles. The van der Waals surface area contributed by atoms with E-state index in [-0.39, 0.29) is 35.8 Å². The number of para-hydroxylation sites is 1. The Labute approximate surface area is 143 Å². The molecule has 1 aromatic carbocycles. The zero-order valence-electron chi connectivity index (χ0n) is 14.0. The lowest BCUT2D eigenvalue weighted by Crippen LogP contribution is -2.28. The van der Waals surface area contributed by atoms with Gasteiger partial charge in [-0.05, 0) is 23.0 Å². The summed E-state index contributed by atoms with van der Waals surface area (Å²) in [5.41, 5.74) is 3.20. The third kappa shape index (κ3) is 4.27. The zero-order chi connectivity index (χ0) is 17.4. The van der Waals surface area contributed by atoms with Gasteiger partial charge in [-0.3, -0.25) is 4.79 Å². The monoisotopic (exact) mass is 357 g/mol.